The molecule has 0 amide bonds. The molecule has 0 spiro atoms. The summed E-state index contributed by atoms with van der Waals surface area (Å²) in [7, 11) is 0. The van der Waals surface area contributed by atoms with Gasteiger partial charge < -0.3 is 14.9 Å². The van der Waals surface area contributed by atoms with Gasteiger partial charge >= 0.3 is 0 Å². The molecule has 3 aromatic rings. The first-order valence-electron chi connectivity index (χ1n) is 8.36. The average Bonchev–Trinajstić information content (AvgIpc) is 2.61. The second-order valence-corrected chi connectivity index (χ2v) is 6.71. The zero-order valence-electron chi connectivity index (χ0n) is 14.3. The number of hydrogen-bond donors (Lipinski definition) is 2. The molecule has 1 heterocycles. The summed E-state index contributed by atoms with van der Waals surface area (Å²) in [6, 6.07) is 19.4. The predicted octanol–water partition coefficient (Wildman–Crippen LogP) is 4.65. The molecule has 0 fully saturated rings. The summed E-state index contributed by atoms with van der Waals surface area (Å²) < 4.78 is 6.06. The summed E-state index contributed by atoms with van der Waals surface area (Å²) >= 11 is 0. The van der Waals surface area contributed by atoms with Gasteiger partial charge in [0.15, 0.2) is 0 Å². The third-order valence-electron chi connectivity index (χ3n) is 5.16. The summed E-state index contributed by atoms with van der Waals surface area (Å²) in [4.78, 5) is 0. The molecule has 4 rings (SSSR count). The Bertz CT molecular complexity index is 961. The second kappa shape index (κ2) is 5.64. The fourth-order valence-corrected chi connectivity index (χ4v) is 3.92. The Morgan fingerprint density at radius 2 is 1.60 bits per heavy atom. The molecule has 1 aliphatic rings. The number of aliphatic hydroxyl groups excluding tert-OH is 1. The maximum Gasteiger partial charge on any atom is 0.135 e. The zero-order chi connectivity index (χ0) is 17.6. The van der Waals surface area contributed by atoms with Crippen LogP contribution in [0.2, 0.25) is 0 Å². The van der Waals surface area contributed by atoms with Crippen molar-refractivity contribution in [1.29, 1.82) is 0 Å². The quantitative estimate of drug-likeness (QED) is 0.718. The van der Waals surface area contributed by atoms with Gasteiger partial charge in [-0.15, -0.1) is 0 Å². The van der Waals surface area contributed by atoms with Crippen molar-refractivity contribution in [1.82, 2.24) is 0 Å². The Morgan fingerprint density at radius 1 is 0.880 bits per heavy atom. The average molecular weight is 332 g/mol. The molecular weight excluding hydrogens is 312 g/mol. The van der Waals surface area contributed by atoms with E-state index in [-0.39, 0.29) is 12.4 Å². The van der Waals surface area contributed by atoms with Gasteiger partial charge in [-0.2, -0.15) is 0 Å². The van der Waals surface area contributed by atoms with E-state index >= 15 is 0 Å². The smallest absolute Gasteiger partial charge is 0.135 e. The molecule has 0 aromatic heterocycles. The number of fused-ring (bicyclic) bond motifs is 2. The molecule has 1 unspecified atom stereocenters. The van der Waals surface area contributed by atoms with Gasteiger partial charge in [-0.3, -0.25) is 0 Å². The van der Waals surface area contributed by atoms with Crippen LogP contribution in [0.15, 0.2) is 60.7 Å². The molecule has 2 N–H and O–H groups in total. The minimum Gasteiger partial charge on any atom is -0.508 e. The molecular formula is C22H20O3. The third kappa shape index (κ3) is 2.31. The van der Waals surface area contributed by atoms with E-state index in [2.05, 4.69) is 26.0 Å². The van der Waals surface area contributed by atoms with Gasteiger partial charge in [0.2, 0.25) is 0 Å². The van der Waals surface area contributed by atoms with Crippen LogP contribution in [-0.2, 0) is 12.0 Å². The van der Waals surface area contributed by atoms with Gasteiger partial charge in [-0.05, 0) is 42.7 Å². The zero-order valence-corrected chi connectivity index (χ0v) is 14.3. The highest BCUT2D eigenvalue weighted by atomic mass is 16.5. The van der Waals surface area contributed by atoms with Crippen LogP contribution < -0.4 is 4.74 Å². The van der Waals surface area contributed by atoms with Crippen LogP contribution in [0, 0.1) is 6.92 Å². The number of aromatic hydroxyl groups is 1. The molecule has 0 radical (unpaired) electrons. The monoisotopic (exact) mass is 332 g/mol. The van der Waals surface area contributed by atoms with E-state index in [0.29, 0.717) is 5.75 Å². The molecule has 0 aliphatic carbocycles. The molecule has 25 heavy (non-hydrogen) atoms. The number of aryl methyl sites for hydroxylation is 1. The molecule has 126 valence electrons. The Labute approximate surface area is 147 Å². The SMILES string of the molecule is Cc1cc(CO)ccc1C1(C)c2ccccc2Oc2cc(O)ccc21. The number of para-hydroxylation sites is 1. The lowest BCUT2D eigenvalue weighted by molar-refractivity contribution is 0.281. The van der Waals surface area contributed by atoms with Crippen LogP contribution in [0.1, 0.15) is 34.7 Å². The molecule has 3 nitrogen and oxygen atoms in total. The summed E-state index contributed by atoms with van der Waals surface area (Å²) in [6.07, 6.45) is 0. The summed E-state index contributed by atoms with van der Waals surface area (Å²) in [5, 5.41) is 19.3. The predicted molar refractivity (Wildman–Crippen MR) is 97.3 cm³/mol. The van der Waals surface area contributed by atoms with Gasteiger partial charge in [0.05, 0.1) is 6.61 Å². The van der Waals surface area contributed by atoms with Gasteiger partial charge in [-0.1, -0.05) is 42.5 Å². The lowest BCUT2D eigenvalue weighted by atomic mass is 9.68. The van der Waals surface area contributed by atoms with Crippen molar-refractivity contribution >= 4 is 0 Å². The van der Waals surface area contributed by atoms with Crippen molar-refractivity contribution in [2.45, 2.75) is 25.9 Å². The van der Waals surface area contributed by atoms with Gasteiger partial charge in [-0.25, -0.2) is 0 Å². The van der Waals surface area contributed by atoms with Crippen molar-refractivity contribution in [2.75, 3.05) is 0 Å². The van der Waals surface area contributed by atoms with Crippen molar-refractivity contribution < 1.29 is 14.9 Å². The van der Waals surface area contributed by atoms with E-state index in [1.165, 1.54) is 0 Å². The highest BCUT2D eigenvalue weighted by Crippen LogP contribution is 2.52. The summed E-state index contributed by atoms with van der Waals surface area (Å²) in [5.41, 5.74) is 4.88. The molecule has 0 saturated heterocycles. The maximum absolute atomic E-state index is 9.89. The van der Waals surface area contributed by atoms with Crippen LogP contribution in [0.4, 0.5) is 0 Å². The Kier molecular flexibility index (Phi) is 3.55. The minimum atomic E-state index is -0.407. The fourth-order valence-electron chi connectivity index (χ4n) is 3.92. The third-order valence-corrected chi connectivity index (χ3v) is 5.16. The van der Waals surface area contributed by atoms with Crippen LogP contribution in [-0.4, -0.2) is 10.2 Å². The first-order chi connectivity index (χ1) is 12.0. The molecule has 3 heteroatoms. The molecule has 1 aliphatic heterocycles. The van der Waals surface area contributed by atoms with Crippen LogP contribution >= 0.6 is 0 Å². The second-order valence-electron chi connectivity index (χ2n) is 6.71. The Hall–Kier alpha value is -2.78. The lowest BCUT2D eigenvalue weighted by Crippen LogP contribution is -2.30. The molecule has 0 bridgehead atoms. The van der Waals surface area contributed by atoms with E-state index in [1.807, 2.05) is 36.4 Å². The highest BCUT2D eigenvalue weighted by Gasteiger charge is 2.40. The van der Waals surface area contributed by atoms with E-state index in [0.717, 1.165) is 33.6 Å². The van der Waals surface area contributed by atoms with Crippen molar-refractivity contribution in [3.05, 3.63) is 88.5 Å². The number of rotatable bonds is 2. The van der Waals surface area contributed by atoms with Crippen molar-refractivity contribution in [3.8, 4) is 17.2 Å². The van der Waals surface area contributed by atoms with Gasteiger partial charge in [0.1, 0.15) is 17.2 Å². The lowest BCUT2D eigenvalue weighted by Gasteiger charge is -2.39. The first-order valence-corrected chi connectivity index (χ1v) is 8.36. The van der Waals surface area contributed by atoms with E-state index in [9.17, 15) is 10.2 Å². The summed E-state index contributed by atoms with van der Waals surface area (Å²) in [5.74, 6) is 1.66. The van der Waals surface area contributed by atoms with Crippen LogP contribution in [0.5, 0.6) is 17.2 Å². The fraction of sp³-hybridized carbons (Fsp3) is 0.182. The number of aliphatic hydroxyl groups is 1. The van der Waals surface area contributed by atoms with E-state index < -0.39 is 5.41 Å². The number of phenols is 1. The van der Waals surface area contributed by atoms with Crippen molar-refractivity contribution in [2.24, 2.45) is 0 Å². The van der Waals surface area contributed by atoms with Crippen LogP contribution in [0.3, 0.4) is 0 Å². The minimum absolute atomic E-state index is 0.0298. The molecule has 0 saturated carbocycles. The highest BCUT2D eigenvalue weighted by molar-refractivity contribution is 5.64. The first kappa shape index (κ1) is 15.7. The Balaban J connectivity index is 2.03. The maximum atomic E-state index is 9.89. The van der Waals surface area contributed by atoms with E-state index in [1.54, 1.807) is 12.1 Å². The van der Waals surface area contributed by atoms with Crippen LogP contribution in [0.25, 0.3) is 0 Å². The summed E-state index contributed by atoms with van der Waals surface area (Å²) in [6.45, 7) is 4.28. The number of benzene rings is 3. The number of hydrogen-bond acceptors (Lipinski definition) is 3. The van der Waals surface area contributed by atoms with E-state index in [4.69, 9.17) is 4.74 Å². The topological polar surface area (TPSA) is 49.7 Å². The Morgan fingerprint density at radius 3 is 2.36 bits per heavy atom. The number of phenolic OH excluding ortho intramolecular Hbond substituents is 1. The normalized spacial score (nSPS) is 18.2. The number of ether oxygens (including phenoxy) is 1. The van der Waals surface area contributed by atoms with Gasteiger partial charge in [0.25, 0.3) is 0 Å². The van der Waals surface area contributed by atoms with Crippen molar-refractivity contribution in [3.63, 3.8) is 0 Å². The van der Waals surface area contributed by atoms with Gasteiger partial charge in [0, 0.05) is 22.6 Å². The molecule has 3 aromatic carbocycles. The standard InChI is InChI=1S/C22H20O3/c1-14-11-15(13-23)7-9-17(14)22(2)18-5-3-4-6-20(18)25-21-12-16(24)8-10-19(21)22/h3-12,23-24H,13H2,1-2H3. The molecule has 1 atom stereocenters. The largest absolute Gasteiger partial charge is 0.508 e.